The van der Waals surface area contributed by atoms with Crippen LogP contribution in [-0.2, 0) is 16.0 Å². The third-order valence-corrected chi connectivity index (χ3v) is 3.88. The van der Waals surface area contributed by atoms with E-state index in [1.54, 1.807) is 32.3 Å². The molecular formula is C19H23N3O3. The number of carbonyl (C=O) groups is 2. The zero-order valence-electron chi connectivity index (χ0n) is 14.7. The number of ether oxygens (including phenoxy) is 1. The van der Waals surface area contributed by atoms with Gasteiger partial charge in [0.2, 0.25) is 17.7 Å². The Morgan fingerprint density at radius 3 is 2.48 bits per heavy atom. The van der Waals surface area contributed by atoms with Crippen molar-refractivity contribution in [3.8, 4) is 5.88 Å². The maximum atomic E-state index is 12.9. The second-order valence-electron chi connectivity index (χ2n) is 5.62. The smallest absolute Gasteiger partial charge is 0.249 e. The van der Waals surface area contributed by atoms with Crippen LogP contribution in [0.25, 0.3) is 0 Å². The minimum atomic E-state index is -0.637. The van der Waals surface area contributed by atoms with Gasteiger partial charge in [0, 0.05) is 26.0 Å². The molecule has 0 aliphatic heterocycles. The number of nitrogens with zero attached hydrogens (tertiary/aromatic N) is 2. The molecule has 6 heteroatoms. The van der Waals surface area contributed by atoms with Gasteiger partial charge in [-0.2, -0.15) is 0 Å². The lowest BCUT2D eigenvalue weighted by atomic mass is 10.0. The van der Waals surface area contributed by atoms with E-state index in [0.29, 0.717) is 24.4 Å². The first-order valence-electron chi connectivity index (χ1n) is 8.16. The van der Waals surface area contributed by atoms with Crippen LogP contribution < -0.4 is 15.0 Å². The molecule has 0 saturated heterocycles. The van der Waals surface area contributed by atoms with E-state index in [9.17, 15) is 9.59 Å². The van der Waals surface area contributed by atoms with Crippen LogP contribution in [0.4, 0.5) is 5.69 Å². The summed E-state index contributed by atoms with van der Waals surface area (Å²) in [5.74, 6) is 0.123. The van der Waals surface area contributed by atoms with Gasteiger partial charge < -0.3 is 15.0 Å². The van der Waals surface area contributed by atoms with E-state index < -0.39 is 6.04 Å². The molecule has 6 nitrogen and oxygen atoms in total. The molecule has 132 valence electrons. The quantitative estimate of drug-likeness (QED) is 0.838. The molecule has 0 spiro atoms. The van der Waals surface area contributed by atoms with E-state index in [2.05, 4.69) is 10.3 Å². The number of likely N-dealkylation sites (N-methyl/N-ethyl adjacent to an activating group) is 1. The summed E-state index contributed by atoms with van der Waals surface area (Å²) in [4.78, 5) is 30.4. The fourth-order valence-electron chi connectivity index (χ4n) is 2.40. The zero-order valence-corrected chi connectivity index (χ0v) is 14.7. The Labute approximate surface area is 147 Å². The Balaban J connectivity index is 2.18. The van der Waals surface area contributed by atoms with Crippen molar-refractivity contribution in [3.05, 3.63) is 54.2 Å². The first kappa shape index (κ1) is 18.4. The standard InChI is InChI=1S/C19H23N3O3/c1-4-17(23)21-16(12-14-8-6-5-7-9-14)19(24)22(2)15-10-11-18(25-3)20-13-15/h5-11,13,16H,4,12H2,1-3H3,(H,21,23). The molecule has 0 saturated carbocycles. The monoisotopic (exact) mass is 341 g/mol. The van der Waals surface area contributed by atoms with Crippen LogP contribution in [0.2, 0.25) is 0 Å². The van der Waals surface area contributed by atoms with Crippen molar-refractivity contribution >= 4 is 17.5 Å². The normalized spacial score (nSPS) is 11.5. The first-order chi connectivity index (χ1) is 12.0. The van der Waals surface area contributed by atoms with Gasteiger partial charge in [-0.25, -0.2) is 4.98 Å². The number of nitrogens with one attached hydrogen (secondary N) is 1. The third-order valence-electron chi connectivity index (χ3n) is 3.88. The Hall–Kier alpha value is -2.89. The van der Waals surface area contributed by atoms with E-state index in [-0.39, 0.29) is 11.8 Å². The van der Waals surface area contributed by atoms with E-state index in [0.717, 1.165) is 5.56 Å². The highest BCUT2D eigenvalue weighted by Crippen LogP contribution is 2.16. The van der Waals surface area contributed by atoms with E-state index in [1.165, 1.54) is 12.0 Å². The molecule has 2 rings (SSSR count). The summed E-state index contributed by atoms with van der Waals surface area (Å²) in [5.41, 5.74) is 1.62. The van der Waals surface area contributed by atoms with Crippen LogP contribution in [0.3, 0.4) is 0 Å². The molecule has 0 radical (unpaired) electrons. The number of hydrogen-bond acceptors (Lipinski definition) is 4. The minimum Gasteiger partial charge on any atom is -0.481 e. The molecule has 2 aromatic rings. The molecule has 0 aliphatic rings. The van der Waals surface area contributed by atoms with Gasteiger partial charge in [0.25, 0.3) is 0 Å². The van der Waals surface area contributed by atoms with Gasteiger partial charge in [0.1, 0.15) is 6.04 Å². The Bertz CT molecular complexity index is 702. The number of hydrogen-bond donors (Lipinski definition) is 1. The maximum Gasteiger partial charge on any atom is 0.249 e. The van der Waals surface area contributed by atoms with Crippen LogP contribution in [-0.4, -0.2) is 37.0 Å². The molecule has 25 heavy (non-hydrogen) atoms. The van der Waals surface area contributed by atoms with Gasteiger partial charge in [-0.1, -0.05) is 37.3 Å². The maximum absolute atomic E-state index is 12.9. The topological polar surface area (TPSA) is 71.5 Å². The lowest BCUT2D eigenvalue weighted by molar-refractivity contribution is -0.127. The van der Waals surface area contributed by atoms with Gasteiger partial charge >= 0.3 is 0 Å². The molecule has 1 N–H and O–H groups in total. The SMILES string of the molecule is CCC(=O)NC(Cc1ccccc1)C(=O)N(C)c1ccc(OC)nc1. The summed E-state index contributed by atoms with van der Waals surface area (Å²) in [6.07, 6.45) is 2.32. The molecule has 1 unspecified atom stereocenters. The lowest BCUT2D eigenvalue weighted by Gasteiger charge is -2.24. The van der Waals surface area contributed by atoms with E-state index in [1.807, 2.05) is 30.3 Å². The summed E-state index contributed by atoms with van der Waals surface area (Å²) in [6.45, 7) is 1.76. The third kappa shape index (κ3) is 5.04. The van der Waals surface area contributed by atoms with Crippen molar-refractivity contribution in [2.45, 2.75) is 25.8 Å². The molecular weight excluding hydrogens is 318 g/mol. The highest BCUT2D eigenvalue weighted by molar-refractivity contribution is 5.98. The zero-order chi connectivity index (χ0) is 18.2. The number of aromatic nitrogens is 1. The largest absolute Gasteiger partial charge is 0.481 e. The Morgan fingerprint density at radius 1 is 1.20 bits per heavy atom. The summed E-state index contributed by atoms with van der Waals surface area (Å²) >= 11 is 0. The molecule has 2 amide bonds. The number of pyridine rings is 1. The van der Waals surface area contributed by atoms with Gasteiger partial charge in [-0.05, 0) is 11.6 Å². The number of methoxy groups -OCH3 is 1. The van der Waals surface area contributed by atoms with Crippen molar-refractivity contribution in [1.29, 1.82) is 0 Å². The van der Waals surface area contributed by atoms with Crippen LogP contribution >= 0.6 is 0 Å². The van der Waals surface area contributed by atoms with Gasteiger partial charge in [-0.3, -0.25) is 9.59 Å². The van der Waals surface area contributed by atoms with Gasteiger partial charge in [0.15, 0.2) is 0 Å². The van der Waals surface area contributed by atoms with Crippen molar-refractivity contribution in [2.75, 3.05) is 19.1 Å². The number of benzene rings is 1. The van der Waals surface area contributed by atoms with Crippen LogP contribution in [0.5, 0.6) is 5.88 Å². The molecule has 1 heterocycles. The molecule has 1 atom stereocenters. The second kappa shape index (κ2) is 8.82. The predicted octanol–water partition coefficient (Wildman–Crippen LogP) is 2.19. The fraction of sp³-hybridized carbons (Fsp3) is 0.316. The van der Waals surface area contributed by atoms with Crippen molar-refractivity contribution < 1.29 is 14.3 Å². The van der Waals surface area contributed by atoms with Crippen LogP contribution in [0, 0.1) is 0 Å². The predicted molar refractivity (Wildman–Crippen MR) is 96.6 cm³/mol. The lowest BCUT2D eigenvalue weighted by Crippen LogP contribution is -2.48. The first-order valence-corrected chi connectivity index (χ1v) is 8.16. The Morgan fingerprint density at radius 2 is 1.92 bits per heavy atom. The van der Waals surface area contributed by atoms with Crippen LogP contribution in [0.1, 0.15) is 18.9 Å². The highest BCUT2D eigenvalue weighted by Gasteiger charge is 2.25. The van der Waals surface area contributed by atoms with E-state index in [4.69, 9.17) is 4.74 Å². The van der Waals surface area contributed by atoms with Crippen molar-refractivity contribution in [3.63, 3.8) is 0 Å². The second-order valence-corrected chi connectivity index (χ2v) is 5.62. The molecule has 1 aromatic carbocycles. The van der Waals surface area contributed by atoms with Crippen molar-refractivity contribution in [1.82, 2.24) is 10.3 Å². The van der Waals surface area contributed by atoms with Gasteiger partial charge in [-0.15, -0.1) is 0 Å². The number of rotatable bonds is 7. The molecule has 0 aliphatic carbocycles. The van der Waals surface area contributed by atoms with E-state index >= 15 is 0 Å². The van der Waals surface area contributed by atoms with Crippen LogP contribution in [0.15, 0.2) is 48.7 Å². The summed E-state index contributed by atoms with van der Waals surface area (Å²) in [7, 11) is 3.20. The summed E-state index contributed by atoms with van der Waals surface area (Å²) in [5, 5.41) is 2.81. The molecule has 1 aromatic heterocycles. The Kier molecular flexibility index (Phi) is 6.51. The minimum absolute atomic E-state index is 0.157. The average Bonchev–Trinajstić information content (AvgIpc) is 2.67. The fourth-order valence-corrected chi connectivity index (χ4v) is 2.40. The molecule has 0 bridgehead atoms. The number of anilines is 1. The van der Waals surface area contributed by atoms with Gasteiger partial charge in [0.05, 0.1) is 19.0 Å². The number of amides is 2. The highest BCUT2D eigenvalue weighted by atomic mass is 16.5. The average molecular weight is 341 g/mol. The number of carbonyl (C=O) groups excluding carboxylic acids is 2. The van der Waals surface area contributed by atoms with Crippen molar-refractivity contribution in [2.24, 2.45) is 0 Å². The summed E-state index contributed by atoms with van der Waals surface area (Å²) < 4.78 is 5.03. The molecule has 0 fully saturated rings. The summed E-state index contributed by atoms with van der Waals surface area (Å²) in [6, 6.07) is 12.4.